The number of fused-ring (bicyclic) bond motifs is 3. The summed E-state index contributed by atoms with van der Waals surface area (Å²) in [4.78, 5) is 11.3. The predicted octanol–water partition coefficient (Wildman–Crippen LogP) is 3.62. The molecule has 8 nitrogen and oxygen atoms in total. The van der Waals surface area contributed by atoms with Crippen molar-refractivity contribution in [2.24, 2.45) is 0 Å². The van der Waals surface area contributed by atoms with Crippen molar-refractivity contribution in [1.82, 2.24) is 20.0 Å². The van der Waals surface area contributed by atoms with Gasteiger partial charge in [0, 0.05) is 17.7 Å². The quantitative estimate of drug-likeness (QED) is 0.497. The van der Waals surface area contributed by atoms with Crippen molar-refractivity contribution >= 4 is 11.5 Å². The zero-order valence-electron chi connectivity index (χ0n) is 18.3. The Balaban J connectivity index is 1.43. The molecule has 0 amide bonds. The molecule has 3 aliphatic rings. The van der Waals surface area contributed by atoms with E-state index in [1.807, 2.05) is 0 Å². The molecule has 5 heterocycles. The molecule has 3 saturated heterocycles. The number of hydrogen-bond acceptors (Lipinski definition) is 8. The number of hydrogen-bond donors (Lipinski definition) is 3. The van der Waals surface area contributed by atoms with E-state index in [0.717, 1.165) is 51.0 Å². The zero-order valence-corrected chi connectivity index (χ0v) is 18.3. The number of aliphatic hydroxyl groups excluding tert-OH is 1. The number of aromatic nitrogens is 3. The zero-order chi connectivity index (χ0) is 23.9. The number of pyridine rings is 1. The average Bonchev–Trinajstić information content (AvgIpc) is 3.34. The van der Waals surface area contributed by atoms with Gasteiger partial charge in [0.05, 0.1) is 29.5 Å². The van der Waals surface area contributed by atoms with Crippen molar-refractivity contribution in [2.75, 3.05) is 37.3 Å². The maximum absolute atomic E-state index is 12.9. The van der Waals surface area contributed by atoms with Crippen LogP contribution in [0.1, 0.15) is 42.3 Å². The molecule has 0 radical (unpaired) electrons. The maximum atomic E-state index is 12.9. The SMILES string of the molecule is Nc1cc(N[C@H](CO)c2ccc(C(F)(F)F)cc2)c(-c2nc(C34CCN(CC3)CC4)no2)cn1. The van der Waals surface area contributed by atoms with Gasteiger partial charge >= 0.3 is 6.18 Å². The molecule has 3 fully saturated rings. The van der Waals surface area contributed by atoms with Crippen molar-refractivity contribution in [3.63, 3.8) is 0 Å². The molecule has 11 heteroatoms. The first kappa shape index (κ1) is 22.6. The molecule has 180 valence electrons. The van der Waals surface area contributed by atoms with E-state index in [2.05, 4.69) is 20.4 Å². The Kier molecular flexibility index (Phi) is 5.68. The molecule has 0 unspecified atom stereocenters. The number of benzene rings is 1. The Morgan fingerprint density at radius 2 is 1.82 bits per heavy atom. The predicted molar refractivity (Wildman–Crippen MR) is 119 cm³/mol. The van der Waals surface area contributed by atoms with Crippen molar-refractivity contribution < 1.29 is 22.8 Å². The lowest BCUT2D eigenvalue weighted by atomic mass is 9.71. The topological polar surface area (TPSA) is 113 Å². The molecule has 1 atom stereocenters. The van der Waals surface area contributed by atoms with Crippen LogP contribution >= 0.6 is 0 Å². The van der Waals surface area contributed by atoms with Gasteiger partial charge in [0.25, 0.3) is 5.89 Å². The third-order valence-corrected chi connectivity index (χ3v) is 6.93. The smallest absolute Gasteiger partial charge is 0.394 e. The largest absolute Gasteiger partial charge is 0.416 e. The molecule has 34 heavy (non-hydrogen) atoms. The van der Waals surface area contributed by atoms with E-state index in [-0.39, 0.29) is 23.7 Å². The number of piperidine rings is 3. The third-order valence-electron chi connectivity index (χ3n) is 6.93. The first-order chi connectivity index (χ1) is 16.3. The second kappa shape index (κ2) is 8.55. The molecule has 4 N–H and O–H groups in total. The van der Waals surface area contributed by atoms with Crippen LogP contribution in [0.15, 0.2) is 41.1 Å². The fraction of sp³-hybridized carbons (Fsp3) is 0.435. The number of nitrogens with two attached hydrogens (primary N) is 1. The highest BCUT2D eigenvalue weighted by Gasteiger charge is 2.44. The third kappa shape index (κ3) is 4.21. The van der Waals surface area contributed by atoms with Gasteiger partial charge in [0.15, 0.2) is 5.82 Å². The van der Waals surface area contributed by atoms with Gasteiger partial charge in [-0.05, 0) is 56.6 Å². The summed E-state index contributed by atoms with van der Waals surface area (Å²) in [5.74, 6) is 1.19. The van der Waals surface area contributed by atoms with Crippen LogP contribution in [-0.4, -0.2) is 51.4 Å². The van der Waals surface area contributed by atoms with E-state index in [4.69, 9.17) is 15.2 Å². The fourth-order valence-electron chi connectivity index (χ4n) is 4.80. The molecule has 3 aliphatic heterocycles. The van der Waals surface area contributed by atoms with E-state index in [9.17, 15) is 18.3 Å². The second-order valence-corrected chi connectivity index (χ2v) is 8.95. The Morgan fingerprint density at radius 3 is 2.44 bits per heavy atom. The Hall–Kier alpha value is -3.18. The first-order valence-corrected chi connectivity index (χ1v) is 11.1. The summed E-state index contributed by atoms with van der Waals surface area (Å²) in [6.45, 7) is 2.70. The lowest BCUT2D eigenvalue weighted by molar-refractivity contribution is -0.137. The summed E-state index contributed by atoms with van der Waals surface area (Å²) < 4.78 is 44.4. The number of anilines is 2. The molecular formula is C23H25F3N6O2. The summed E-state index contributed by atoms with van der Waals surface area (Å²) in [6, 6.07) is 5.52. The van der Waals surface area contributed by atoms with Crippen LogP contribution in [-0.2, 0) is 11.6 Å². The van der Waals surface area contributed by atoms with Gasteiger partial charge in [-0.15, -0.1) is 0 Å². The van der Waals surface area contributed by atoms with E-state index < -0.39 is 17.8 Å². The van der Waals surface area contributed by atoms with E-state index in [1.54, 1.807) is 6.07 Å². The van der Waals surface area contributed by atoms with Gasteiger partial charge in [0.1, 0.15) is 5.82 Å². The van der Waals surface area contributed by atoms with Gasteiger partial charge in [-0.2, -0.15) is 18.2 Å². The summed E-state index contributed by atoms with van der Waals surface area (Å²) in [5, 5.41) is 17.4. The summed E-state index contributed by atoms with van der Waals surface area (Å²) >= 11 is 0. The van der Waals surface area contributed by atoms with Crippen molar-refractivity contribution in [3.05, 3.63) is 53.5 Å². The van der Waals surface area contributed by atoms with Crippen LogP contribution in [0.2, 0.25) is 0 Å². The van der Waals surface area contributed by atoms with Gasteiger partial charge in [-0.25, -0.2) is 4.98 Å². The highest BCUT2D eigenvalue weighted by molar-refractivity contribution is 5.74. The van der Waals surface area contributed by atoms with Crippen LogP contribution in [0, 0.1) is 0 Å². The summed E-state index contributed by atoms with van der Waals surface area (Å²) in [5.41, 5.74) is 6.52. The van der Waals surface area contributed by atoms with Gasteiger partial charge in [-0.1, -0.05) is 17.3 Å². The van der Waals surface area contributed by atoms with Crippen LogP contribution in [0.4, 0.5) is 24.7 Å². The highest BCUT2D eigenvalue weighted by atomic mass is 19.4. The molecule has 2 aromatic heterocycles. The summed E-state index contributed by atoms with van der Waals surface area (Å²) in [6.07, 6.45) is 0.0293. The Morgan fingerprint density at radius 1 is 1.15 bits per heavy atom. The van der Waals surface area contributed by atoms with Crippen LogP contribution in [0.3, 0.4) is 0 Å². The number of nitrogens with zero attached hydrogens (tertiary/aromatic N) is 4. The minimum absolute atomic E-state index is 0.0841. The van der Waals surface area contributed by atoms with Crippen LogP contribution in [0.25, 0.3) is 11.5 Å². The number of nitrogen functional groups attached to an aromatic ring is 1. The minimum atomic E-state index is -4.43. The number of aliphatic hydroxyl groups is 1. The van der Waals surface area contributed by atoms with E-state index >= 15 is 0 Å². The number of rotatable bonds is 6. The lowest BCUT2D eigenvalue weighted by Crippen LogP contribution is -2.51. The molecule has 1 aromatic carbocycles. The monoisotopic (exact) mass is 474 g/mol. The fourth-order valence-corrected chi connectivity index (χ4v) is 4.80. The summed E-state index contributed by atoms with van der Waals surface area (Å²) in [7, 11) is 0. The van der Waals surface area contributed by atoms with Gasteiger partial charge < -0.3 is 25.6 Å². The molecule has 0 spiro atoms. The highest BCUT2D eigenvalue weighted by Crippen LogP contribution is 2.42. The maximum Gasteiger partial charge on any atom is 0.416 e. The standard InChI is InChI=1S/C23H25F3N6O2/c24-23(25,26)15-3-1-14(2-4-15)18(13-33)29-17-11-19(27)28-12-16(17)20-30-21(31-34-20)22-5-8-32(9-6-22)10-7-22/h1-4,11-12,18,33H,5-10,13H2,(H3,27,28,29)/t18-/m1/s1. The number of halogens is 3. The van der Waals surface area contributed by atoms with Crippen LogP contribution in [0.5, 0.6) is 0 Å². The van der Waals surface area contributed by atoms with Crippen molar-refractivity contribution in [3.8, 4) is 11.5 Å². The Labute approximate surface area is 194 Å². The van der Waals surface area contributed by atoms with Gasteiger partial charge in [-0.3, -0.25) is 0 Å². The van der Waals surface area contributed by atoms with E-state index in [0.29, 0.717) is 22.6 Å². The number of alkyl halides is 3. The first-order valence-electron chi connectivity index (χ1n) is 11.1. The number of nitrogens with one attached hydrogen (secondary N) is 1. The molecule has 2 bridgehead atoms. The minimum Gasteiger partial charge on any atom is -0.394 e. The van der Waals surface area contributed by atoms with Crippen molar-refractivity contribution in [1.29, 1.82) is 0 Å². The Bertz CT molecular complexity index is 1140. The lowest BCUT2D eigenvalue weighted by Gasteiger charge is -2.46. The molecule has 3 aromatic rings. The van der Waals surface area contributed by atoms with E-state index in [1.165, 1.54) is 18.3 Å². The normalized spacial score (nSPS) is 23.1. The van der Waals surface area contributed by atoms with Gasteiger partial charge in [0.2, 0.25) is 0 Å². The second-order valence-electron chi connectivity index (χ2n) is 8.95. The molecule has 6 rings (SSSR count). The molecular weight excluding hydrogens is 449 g/mol. The molecule has 0 saturated carbocycles. The molecule has 0 aliphatic carbocycles. The average molecular weight is 474 g/mol. The van der Waals surface area contributed by atoms with Crippen LogP contribution < -0.4 is 11.1 Å². The van der Waals surface area contributed by atoms with Crippen molar-refractivity contribution in [2.45, 2.75) is 36.9 Å².